The Morgan fingerprint density at radius 3 is 1.95 bits per heavy atom. The van der Waals surface area contributed by atoms with E-state index >= 15 is 0 Å². The highest BCUT2D eigenvalue weighted by Crippen LogP contribution is 2.39. The maximum atomic E-state index is 13.4. The van der Waals surface area contributed by atoms with Crippen molar-refractivity contribution in [2.45, 2.75) is 18.4 Å². The lowest BCUT2D eigenvalue weighted by molar-refractivity contribution is -0.0685. The molecule has 0 amide bonds. The molecule has 4 heteroatoms. The first-order valence-electron chi connectivity index (χ1n) is 6.42. The lowest BCUT2D eigenvalue weighted by atomic mass is 9.95. The predicted octanol–water partition coefficient (Wildman–Crippen LogP) is 6.07. The highest BCUT2D eigenvalue weighted by atomic mass is 79.9. The van der Waals surface area contributed by atoms with Crippen molar-refractivity contribution in [2.24, 2.45) is 0 Å². The van der Waals surface area contributed by atoms with Gasteiger partial charge < -0.3 is 0 Å². The van der Waals surface area contributed by atoms with Gasteiger partial charge in [-0.25, -0.2) is 0 Å². The molecule has 0 saturated carbocycles. The fourth-order valence-corrected chi connectivity index (χ4v) is 2.56. The Kier molecular flexibility index (Phi) is 4.88. The molecule has 21 heavy (non-hydrogen) atoms. The summed E-state index contributed by atoms with van der Waals surface area (Å²) in [5.74, 6) is 0. The summed E-state index contributed by atoms with van der Waals surface area (Å²) in [7, 11) is 0. The Bertz CT molecular complexity index is 625. The highest BCUT2D eigenvalue weighted by Gasteiger charge is 2.36. The van der Waals surface area contributed by atoms with E-state index in [-0.39, 0.29) is 11.1 Å². The molecular formula is C17H14BrF3. The molecule has 0 bridgehead atoms. The Morgan fingerprint density at radius 1 is 0.905 bits per heavy atom. The maximum Gasteiger partial charge on any atom is 0.417 e. The molecule has 0 aromatic heterocycles. The number of halogens is 4. The van der Waals surface area contributed by atoms with Crippen LogP contribution in [-0.2, 0) is 5.33 Å². The molecule has 0 radical (unpaired) electrons. The topological polar surface area (TPSA) is 0 Å². The van der Waals surface area contributed by atoms with E-state index in [1.807, 2.05) is 12.1 Å². The number of alkyl halides is 4. The number of hydrogen-bond acceptors (Lipinski definition) is 0. The molecule has 0 N–H and O–H groups in total. The van der Waals surface area contributed by atoms with Gasteiger partial charge in [0.2, 0.25) is 0 Å². The standard InChI is InChI=1S/C17H14BrF3/c1-12(14-9-7-13(11-18)8-10-14)16(17(19,20)21)15-5-3-2-4-6-15/h2-10H,11H2,1H3/b16-12-. The van der Waals surface area contributed by atoms with Crippen LogP contribution < -0.4 is 0 Å². The normalized spacial score (nSPS) is 13.0. The van der Waals surface area contributed by atoms with E-state index in [2.05, 4.69) is 15.9 Å². The SMILES string of the molecule is C/C(=C(\c1ccccc1)C(F)(F)F)c1ccc(CBr)cc1. The van der Waals surface area contributed by atoms with Crippen molar-refractivity contribution in [3.63, 3.8) is 0 Å². The van der Waals surface area contributed by atoms with Crippen molar-refractivity contribution >= 4 is 27.1 Å². The monoisotopic (exact) mass is 354 g/mol. The van der Waals surface area contributed by atoms with E-state index in [1.54, 1.807) is 30.3 Å². The Hall–Kier alpha value is -1.55. The van der Waals surface area contributed by atoms with Crippen LogP contribution in [0.25, 0.3) is 11.1 Å². The molecule has 0 atom stereocenters. The molecule has 0 nitrogen and oxygen atoms in total. The second-order valence-electron chi connectivity index (χ2n) is 4.69. The van der Waals surface area contributed by atoms with Gasteiger partial charge in [0.15, 0.2) is 0 Å². The van der Waals surface area contributed by atoms with Crippen LogP contribution >= 0.6 is 15.9 Å². The molecule has 0 aliphatic carbocycles. The Labute approximate surface area is 130 Å². The van der Waals surface area contributed by atoms with Gasteiger partial charge in [-0.3, -0.25) is 0 Å². The van der Waals surface area contributed by atoms with E-state index in [0.717, 1.165) is 5.56 Å². The third-order valence-corrected chi connectivity index (χ3v) is 3.91. The van der Waals surface area contributed by atoms with Crippen molar-refractivity contribution < 1.29 is 13.2 Å². The van der Waals surface area contributed by atoms with Crippen molar-refractivity contribution in [2.75, 3.05) is 0 Å². The average molecular weight is 355 g/mol. The van der Waals surface area contributed by atoms with Crippen LogP contribution in [-0.4, -0.2) is 6.18 Å². The molecule has 2 aromatic rings. The summed E-state index contributed by atoms with van der Waals surface area (Å²) in [5, 5.41) is 0.681. The van der Waals surface area contributed by atoms with Crippen molar-refractivity contribution in [3.05, 3.63) is 71.3 Å². The maximum absolute atomic E-state index is 13.4. The third kappa shape index (κ3) is 3.76. The molecule has 110 valence electrons. The molecule has 0 aliphatic heterocycles. The van der Waals surface area contributed by atoms with Crippen molar-refractivity contribution in [1.29, 1.82) is 0 Å². The molecule has 0 unspecified atom stereocenters. The number of allylic oxidation sites excluding steroid dienone is 2. The van der Waals surface area contributed by atoms with Gasteiger partial charge in [0.25, 0.3) is 0 Å². The van der Waals surface area contributed by atoms with E-state index < -0.39 is 11.7 Å². The summed E-state index contributed by atoms with van der Waals surface area (Å²) in [6.45, 7) is 1.51. The minimum absolute atomic E-state index is 0.187. The fourth-order valence-electron chi connectivity index (χ4n) is 2.19. The molecule has 0 heterocycles. The molecule has 2 aromatic carbocycles. The summed E-state index contributed by atoms with van der Waals surface area (Å²) in [4.78, 5) is 0. The van der Waals surface area contributed by atoms with E-state index in [4.69, 9.17) is 0 Å². The van der Waals surface area contributed by atoms with Crippen molar-refractivity contribution in [3.8, 4) is 0 Å². The summed E-state index contributed by atoms with van der Waals surface area (Å²) in [6.07, 6.45) is -4.39. The second kappa shape index (κ2) is 6.48. The smallest absolute Gasteiger partial charge is 0.166 e. The highest BCUT2D eigenvalue weighted by molar-refractivity contribution is 9.08. The van der Waals surface area contributed by atoms with Gasteiger partial charge in [0.1, 0.15) is 0 Å². The van der Waals surface area contributed by atoms with Crippen LogP contribution in [0.5, 0.6) is 0 Å². The molecule has 0 spiro atoms. The fraction of sp³-hybridized carbons (Fsp3) is 0.176. The number of rotatable bonds is 3. The first-order valence-corrected chi connectivity index (χ1v) is 7.54. The Morgan fingerprint density at radius 2 is 1.48 bits per heavy atom. The van der Waals surface area contributed by atoms with Crippen LogP contribution in [0.1, 0.15) is 23.6 Å². The predicted molar refractivity (Wildman–Crippen MR) is 84.1 cm³/mol. The van der Waals surface area contributed by atoms with Crippen LogP contribution in [0.2, 0.25) is 0 Å². The quantitative estimate of drug-likeness (QED) is 0.463. The average Bonchev–Trinajstić information content (AvgIpc) is 2.47. The van der Waals surface area contributed by atoms with E-state index in [9.17, 15) is 13.2 Å². The zero-order valence-corrected chi connectivity index (χ0v) is 13.0. The lowest BCUT2D eigenvalue weighted by Gasteiger charge is -2.16. The van der Waals surface area contributed by atoms with Crippen LogP contribution in [0.4, 0.5) is 13.2 Å². The van der Waals surface area contributed by atoms with Gasteiger partial charge in [-0.15, -0.1) is 0 Å². The molecular weight excluding hydrogens is 341 g/mol. The minimum Gasteiger partial charge on any atom is -0.166 e. The first-order chi connectivity index (χ1) is 9.93. The van der Waals surface area contributed by atoms with Gasteiger partial charge in [0, 0.05) is 5.33 Å². The largest absolute Gasteiger partial charge is 0.417 e. The summed E-state index contributed by atoms with van der Waals surface area (Å²) < 4.78 is 40.3. The lowest BCUT2D eigenvalue weighted by Crippen LogP contribution is -2.12. The molecule has 0 aliphatic rings. The number of hydrogen-bond donors (Lipinski definition) is 0. The summed E-state index contributed by atoms with van der Waals surface area (Å²) in [6, 6.07) is 15.0. The van der Waals surface area contributed by atoms with Crippen molar-refractivity contribution in [1.82, 2.24) is 0 Å². The zero-order chi connectivity index (χ0) is 15.5. The van der Waals surface area contributed by atoms with Gasteiger partial charge in [-0.05, 0) is 29.2 Å². The zero-order valence-electron chi connectivity index (χ0n) is 11.4. The summed E-state index contributed by atoms with van der Waals surface area (Å²) >= 11 is 3.32. The molecule has 2 rings (SSSR count). The summed E-state index contributed by atoms with van der Waals surface area (Å²) in [5.41, 5.74) is 1.44. The first kappa shape index (κ1) is 15.8. The van der Waals surface area contributed by atoms with Gasteiger partial charge >= 0.3 is 6.18 Å². The van der Waals surface area contributed by atoms with Crippen LogP contribution in [0, 0.1) is 0 Å². The molecule has 0 saturated heterocycles. The van der Waals surface area contributed by atoms with Gasteiger partial charge in [-0.2, -0.15) is 13.2 Å². The Balaban J connectivity index is 2.57. The van der Waals surface area contributed by atoms with E-state index in [1.165, 1.54) is 19.1 Å². The van der Waals surface area contributed by atoms with Crippen LogP contribution in [0.15, 0.2) is 54.6 Å². The number of benzene rings is 2. The second-order valence-corrected chi connectivity index (χ2v) is 5.26. The van der Waals surface area contributed by atoms with E-state index in [0.29, 0.717) is 10.9 Å². The van der Waals surface area contributed by atoms with Crippen LogP contribution in [0.3, 0.4) is 0 Å². The minimum atomic E-state index is -4.39. The van der Waals surface area contributed by atoms with Gasteiger partial charge in [0.05, 0.1) is 5.57 Å². The third-order valence-electron chi connectivity index (χ3n) is 3.26. The molecule has 0 fully saturated rings. The van der Waals surface area contributed by atoms with Gasteiger partial charge in [-0.1, -0.05) is 70.5 Å².